The predicted molar refractivity (Wildman–Crippen MR) is 131 cm³/mol. The monoisotopic (exact) mass is 514 g/mol. The number of aryl methyl sites for hydroxylation is 1. The SMILES string of the molecule is CO[C@@H]1[C@@H](O)[C@H](O)[C@H](Oc2ccc3cc(NC(=O)c4ccc([N+](=O)[O-])cc4)c(=O)oc3c2C)OC1(C)C. The Morgan fingerprint density at radius 1 is 1.14 bits per heavy atom. The van der Waals surface area contributed by atoms with Crippen LogP contribution in [-0.4, -0.2) is 58.4 Å². The summed E-state index contributed by atoms with van der Waals surface area (Å²) < 4.78 is 22.4. The zero-order valence-electron chi connectivity index (χ0n) is 20.5. The number of hydrogen-bond acceptors (Lipinski definition) is 10. The molecule has 37 heavy (non-hydrogen) atoms. The number of carbonyl (C=O) groups is 1. The molecule has 0 unspecified atom stereocenters. The average Bonchev–Trinajstić information content (AvgIpc) is 2.85. The molecule has 0 spiro atoms. The minimum atomic E-state index is -1.41. The summed E-state index contributed by atoms with van der Waals surface area (Å²) in [6, 6.07) is 9.53. The Bertz CT molecular complexity index is 1400. The molecule has 2 aromatic carbocycles. The zero-order valence-corrected chi connectivity index (χ0v) is 20.5. The average molecular weight is 514 g/mol. The molecule has 0 saturated carbocycles. The van der Waals surface area contributed by atoms with Crippen LogP contribution in [0.15, 0.2) is 51.7 Å². The molecule has 3 aromatic rings. The smallest absolute Gasteiger partial charge is 0.360 e. The molecule has 1 saturated heterocycles. The summed E-state index contributed by atoms with van der Waals surface area (Å²) in [6.07, 6.45) is -4.67. The van der Waals surface area contributed by atoms with Crippen molar-refractivity contribution in [3.05, 3.63) is 74.1 Å². The van der Waals surface area contributed by atoms with Gasteiger partial charge in [-0.15, -0.1) is 0 Å². The summed E-state index contributed by atoms with van der Waals surface area (Å²) in [6.45, 7) is 5.04. The van der Waals surface area contributed by atoms with Crippen LogP contribution in [0.3, 0.4) is 0 Å². The molecule has 1 fully saturated rings. The van der Waals surface area contributed by atoms with Gasteiger partial charge in [0.15, 0.2) is 0 Å². The van der Waals surface area contributed by atoms with Gasteiger partial charge in [0.25, 0.3) is 11.6 Å². The number of aliphatic hydroxyl groups excluding tert-OH is 2. The number of nitro benzene ring substituents is 1. The summed E-state index contributed by atoms with van der Waals surface area (Å²) >= 11 is 0. The first-order valence-electron chi connectivity index (χ1n) is 11.3. The van der Waals surface area contributed by atoms with E-state index >= 15 is 0 Å². The Morgan fingerprint density at radius 2 is 1.81 bits per heavy atom. The topological polar surface area (TPSA) is 171 Å². The third-order valence-electron chi connectivity index (χ3n) is 6.23. The molecule has 0 bridgehead atoms. The highest BCUT2D eigenvalue weighted by Gasteiger charge is 2.50. The van der Waals surface area contributed by atoms with Crippen LogP contribution in [0.5, 0.6) is 5.75 Å². The van der Waals surface area contributed by atoms with Gasteiger partial charge in [0.2, 0.25) is 6.29 Å². The van der Waals surface area contributed by atoms with E-state index in [9.17, 15) is 29.9 Å². The highest BCUT2D eigenvalue weighted by Crippen LogP contribution is 2.35. The number of methoxy groups -OCH3 is 1. The summed E-state index contributed by atoms with van der Waals surface area (Å²) in [5.41, 5.74) is -1.33. The van der Waals surface area contributed by atoms with E-state index < -0.39 is 46.7 Å². The number of nitrogens with zero attached hydrogens (tertiary/aromatic N) is 1. The molecule has 1 amide bonds. The molecular formula is C25H26N2O10. The lowest BCUT2D eigenvalue weighted by Gasteiger charge is -2.46. The Hall–Kier alpha value is -3.84. The number of carbonyl (C=O) groups excluding carboxylic acids is 1. The molecule has 12 heteroatoms. The first-order valence-corrected chi connectivity index (χ1v) is 11.3. The van der Waals surface area contributed by atoms with Crippen LogP contribution in [0.25, 0.3) is 11.0 Å². The Kier molecular flexibility index (Phi) is 7.02. The van der Waals surface area contributed by atoms with E-state index in [1.165, 1.54) is 37.4 Å². The van der Waals surface area contributed by atoms with Crippen LogP contribution >= 0.6 is 0 Å². The fourth-order valence-electron chi connectivity index (χ4n) is 4.28. The van der Waals surface area contributed by atoms with Gasteiger partial charge in [-0.1, -0.05) is 0 Å². The van der Waals surface area contributed by atoms with Gasteiger partial charge < -0.3 is 34.2 Å². The molecular weight excluding hydrogens is 488 g/mol. The number of amides is 1. The molecule has 0 radical (unpaired) electrons. The van der Waals surface area contributed by atoms with Crippen LogP contribution in [0.2, 0.25) is 0 Å². The second-order valence-electron chi connectivity index (χ2n) is 9.16. The van der Waals surface area contributed by atoms with Crippen molar-refractivity contribution in [2.75, 3.05) is 12.4 Å². The van der Waals surface area contributed by atoms with E-state index in [1.807, 2.05) is 0 Å². The van der Waals surface area contributed by atoms with Gasteiger partial charge in [-0.3, -0.25) is 14.9 Å². The summed E-state index contributed by atoms with van der Waals surface area (Å²) in [7, 11) is 1.41. The maximum Gasteiger partial charge on any atom is 0.360 e. The quantitative estimate of drug-likeness (QED) is 0.252. The van der Waals surface area contributed by atoms with Gasteiger partial charge in [-0.25, -0.2) is 4.79 Å². The molecule has 0 aliphatic carbocycles. The van der Waals surface area contributed by atoms with Gasteiger partial charge in [0, 0.05) is 35.8 Å². The van der Waals surface area contributed by atoms with Crippen LogP contribution in [0, 0.1) is 17.0 Å². The zero-order chi connectivity index (χ0) is 27.1. The van der Waals surface area contributed by atoms with Crippen LogP contribution in [0.1, 0.15) is 29.8 Å². The van der Waals surface area contributed by atoms with Crippen molar-refractivity contribution in [3.8, 4) is 5.75 Å². The number of ether oxygens (including phenoxy) is 3. The van der Waals surface area contributed by atoms with Gasteiger partial charge in [0.05, 0.1) is 10.5 Å². The van der Waals surface area contributed by atoms with Gasteiger partial charge in [-0.05, 0) is 51.1 Å². The normalized spacial score (nSPS) is 23.0. The molecule has 2 heterocycles. The number of rotatable bonds is 6. The van der Waals surface area contributed by atoms with Crippen molar-refractivity contribution in [2.45, 2.75) is 51.0 Å². The maximum absolute atomic E-state index is 12.6. The lowest BCUT2D eigenvalue weighted by atomic mass is 9.89. The third-order valence-corrected chi connectivity index (χ3v) is 6.23. The number of aliphatic hydroxyl groups is 2. The number of fused-ring (bicyclic) bond motifs is 1. The molecule has 196 valence electrons. The minimum absolute atomic E-state index is 0.120. The number of hydrogen-bond donors (Lipinski definition) is 3. The van der Waals surface area contributed by atoms with Gasteiger partial charge >= 0.3 is 5.63 Å². The van der Waals surface area contributed by atoms with E-state index in [0.29, 0.717) is 10.9 Å². The molecule has 3 N–H and O–H groups in total. The number of anilines is 1. The number of nitro groups is 1. The lowest BCUT2D eigenvalue weighted by Crippen LogP contribution is -2.63. The first-order chi connectivity index (χ1) is 17.4. The van der Waals surface area contributed by atoms with Crippen molar-refractivity contribution >= 4 is 28.3 Å². The molecule has 12 nitrogen and oxygen atoms in total. The van der Waals surface area contributed by atoms with Gasteiger partial charge in [-0.2, -0.15) is 0 Å². The summed E-state index contributed by atoms with van der Waals surface area (Å²) in [5.74, 6) is -0.390. The minimum Gasteiger partial charge on any atom is -0.462 e. The molecule has 4 atom stereocenters. The second kappa shape index (κ2) is 9.90. The highest BCUT2D eigenvalue weighted by molar-refractivity contribution is 6.05. The van der Waals surface area contributed by atoms with Gasteiger partial charge in [0.1, 0.15) is 35.3 Å². The van der Waals surface area contributed by atoms with E-state index in [1.54, 1.807) is 32.9 Å². The lowest BCUT2D eigenvalue weighted by molar-refractivity contribution is -0.384. The second-order valence-corrected chi connectivity index (χ2v) is 9.16. The molecule has 1 aromatic heterocycles. The van der Waals surface area contributed by atoms with E-state index in [4.69, 9.17) is 18.6 Å². The van der Waals surface area contributed by atoms with Crippen molar-refractivity contribution in [3.63, 3.8) is 0 Å². The fraction of sp³-hybridized carbons (Fsp3) is 0.360. The molecule has 1 aliphatic rings. The summed E-state index contributed by atoms with van der Waals surface area (Å²) in [5, 5.41) is 34.7. The highest BCUT2D eigenvalue weighted by atomic mass is 16.7. The van der Waals surface area contributed by atoms with E-state index in [2.05, 4.69) is 5.32 Å². The predicted octanol–water partition coefficient (Wildman–Crippen LogP) is 2.51. The Balaban J connectivity index is 1.57. The Morgan fingerprint density at radius 3 is 2.43 bits per heavy atom. The van der Waals surface area contributed by atoms with Crippen LogP contribution in [0.4, 0.5) is 11.4 Å². The first kappa shape index (κ1) is 26.2. The summed E-state index contributed by atoms with van der Waals surface area (Å²) in [4.78, 5) is 35.4. The van der Waals surface area contributed by atoms with Crippen molar-refractivity contribution in [1.29, 1.82) is 0 Å². The number of benzene rings is 2. The molecule has 4 rings (SSSR count). The number of non-ortho nitro benzene ring substituents is 1. The standard InChI is InChI=1S/C25H26N2O10/c1-12-17(35-24-19(29)18(28)21(34-4)25(2,3)37-24)10-7-14-11-16(23(31)36-20(12)14)26-22(30)13-5-8-15(9-6-13)27(32)33/h5-11,18-19,21,24,28-29H,1-4H3,(H,26,30)/t18-,19-,21+,24+/m0/s1. The Labute approximate surface area is 210 Å². The maximum atomic E-state index is 12.6. The number of nitrogens with one attached hydrogen (secondary N) is 1. The van der Waals surface area contributed by atoms with Crippen molar-refractivity contribution < 1.29 is 38.6 Å². The van der Waals surface area contributed by atoms with E-state index in [-0.39, 0.29) is 28.3 Å². The fourth-order valence-corrected chi connectivity index (χ4v) is 4.28. The molecule has 1 aliphatic heterocycles. The van der Waals surface area contributed by atoms with Crippen LogP contribution < -0.4 is 15.7 Å². The third kappa shape index (κ3) is 5.04. The van der Waals surface area contributed by atoms with E-state index in [0.717, 1.165) is 0 Å². The van der Waals surface area contributed by atoms with Crippen molar-refractivity contribution in [2.24, 2.45) is 0 Å². The largest absolute Gasteiger partial charge is 0.462 e. The van der Waals surface area contributed by atoms with Crippen LogP contribution in [-0.2, 0) is 9.47 Å². The van der Waals surface area contributed by atoms with Crippen molar-refractivity contribution in [1.82, 2.24) is 0 Å².